The molecule has 2 atom stereocenters. The largest absolute Gasteiger partial charge is 0.398 e. The highest BCUT2D eigenvalue weighted by molar-refractivity contribution is 7.99. The number of anilines is 1. The van der Waals surface area contributed by atoms with E-state index in [2.05, 4.69) is 5.32 Å². The Bertz CT molecular complexity index is 768. The molecule has 0 spiro atoms. The maximum atomic E-state index is 12.4. The van der Waals surface area contributed by atoms with Gasteiger partial charge in [0.1, 0.15) is 6.54 Å². The number of fused-ring (bicyclic) bond motifs is 1. The van der Waals surface area contributed by atoms with Crippen molar-refractivity contribution in [1.82, 2.24) is 4.90 Å². The minimum absolute atomic E-state index is 0.218. The van der Waals surface area contributed by atoms with Gasteiger partial charge in [0, 0.05) is 4.90 Å². The minimum Gasteiger partial charge on any atom is -0.324 e. The summed E-state index contributed by atoms with van der Waals surface area (Å²) in [6, 6.07) is 6.10. The highest BCUT2D eigenvalue weighted by Gasteiger charge is 2.47. The lowest BCUT2D eigenvalue weighted by Crippen LogP contribution is -2.38. The first-order chi connectivity index (χ1) is 12.8. The Balaban J connectivity index is 1.65. The van der Waals surface area contributed by atoms with E-state index < -0.39 is 36.2 Å². The minimum atomic E-state index is -4.33. The van der Waals surface area contributed by atoms with Crippen LogP contribution in [0, 0.1) is 11.8 Å². The fourth-order valence-electron chi connectivity index (χ4n) is 3.21. The third kappa shape index (κ3) is 4.52. The zero-order valence-electron chi connectivity index (χ0n) is 14.2. The summed E-state index contributed by atoms with van der Waals surface area (Å²) < 4.78 is 37.3. The molecular formula is C18H17F3N2O3S. The number of nitrogens with zero attached hydrogens (tertiary/aromatic N) is 1. The van der Waals surface area contributed by atoms with E-state index in [-0.39, 0.29) is 22.4 Å². The third-order valence-corrected chi connectivity index (χ3v) is 5.59. The number of likely N-dealkylation sites (tertiary alicyclic amines) is 1. The highest BCUT2D eigenvalue weighted by atomic mass is 32.2. The quantitative estimate of drug-likeness (QED) is 0.470. The summed E-state index contributed by atoms with van der Waals surface area (Å²) in [5.41, 5.74) is 0.218. The monoisotopic (exact) mass is 398 g/mol. The van der Waals surface area contributed by atoms with Crippen molar-refractivity contribution in [3.05, 3.63) is 36.4 Å². The van der Waals surface area contributed by atoms with Crippen LogP contribution in [0.4, 0.5) is 18.9 Å². The molecule has 2 aliphatic rings. The maximum Gasteiger partial charge on any atom is 0.398 e. The van der Waals surface area contributed by atoms with Crippen molar-refractivity contribution < 1.29 is 27.6 Å². The number of hydrogen-bond donors (Lipinski definition) is 1. The fourth-order valence-corrected chi connectivity index (χ4v) is 3.98. The summed E-state index contributed by atoms with van der Waals surface area (Å²) in [5.74, 6) is -3.30. The van der Waals surface area contributed by atoms with E-state index in [9.17, 15) is 27.6 Å². The molecule has 0 saturated carbocycles. The van der Waals surface area contributed by atoms with Crippen LogP contribution < -0.4 is 5.32 Å². The maximum absolute atomic E-state index is 12.4. The number of hydrogen-bond acceptors (Lipinski definition) is 4. The molecule has 1 aromatic carbocycles. The van der Waals surface area contributed by atoms with E-state index in [1.54, 1.807) is 12.1 Å². The van der Waals surface area contributed by atoms with Crippen LogP contribution >= 0.6 is 11.8 Å². The molecule has 1 saturated heterocycles. The molecule has 1 heterocycles. The van der Waals surface area contributed by atoms with E-state index >= 15 is 0 Å². The highest BCUT2D eigenvalue weighted by Crippen LogP contribution is 2.35. The summed E-state index contributed by atoms with van der Waals surface area (Å²) in [5, 5.41) is 2.51. The number of allylic oxidation sites excluding steroid dienone is 2. The molecule has 2 unspecified atom stereocenters. The second-order valence-corrected chi connectivity index (χ2v) is 7.38. The fraction of sp³-hybridized carbons (Fsp3) is 0.389. The summed E-state index contributed by atoms with van der Waals surface area (Å²) in [4.78, 5) is 38.3. The zero-order chi connectivity index (χ0) is 19.6. The first-order valence-electron chi connectivity index (χ1n) is 8.35. The van der Waals surface area contributed by atoms with Gasteiger partial charge in [-0.1, -0.05) is 24.3 Å². The summed E-state index contributed by atoms with van der Waals surface area (Å²) >= 11 is 0.561. The van der Waals surface area contributed by atoms with Crippen LogP contribution in [0.3, 0.4) is 0 Å². The smallest absolute Gasteiger partial charge is 0.324 e. The lowest BCUT2D eigenvalue weighted by Gasteiger charge is -2.16. The van der Waals surface area contributed by atoms with Crippen LogP contribution in [-0.4, -0.2) is 41.1 Å². The molecule has 1 aromatic rings. The molecule has 3 amide bonds. The number of imide groups is 1. The second kappa shape index (κ2) is 7.75. The van der Waals surface area contributed by atoms with Crippen LogP contribution in [0.5, 0.6) is 0 Å². The van der Waals surface area contributed by atoms with E-state index in [4.69, 9.17) is 0 Å². The Kier molecular flexibility index (Phi) is 5.59. The van der Waals surface area contributed by atoms with Crippen molar-refractivity contribution in [2.75, 3.05) is 17.6 Å². The van der Waals surface area contributed by atoms with Gasteiger partial charge < -0.3 is 5.32 Å². The van der Waals surface area contributed by atoms with Crippen LogP contribution in [0.25, 0.3) is 0 Å². The molecule has 0 bridgehead atoms. The Labute approximate surface area is 158 Å². The van der Waals surface area contributed by atoms with Crippen molar-refractivity contribution >= 4 is 35.2 Å². The van der Waals surface area contributed by atoms with E-state index in [1.807, 2.05) is 12.2 Å². The molecule has 3 rings (SSSR count). The van der Waals surface area contributed by atoms with Crippen molar-refractivity contribution in [3.63, 3.8) is 0 Å². The predicted molar refractivity (Wildman–Crippen MR) is 93.9 cm³/mol. The number of thioether (sulfide) groups is 1. The van der Waals surface area contributed by atoms with Crippen LogP contribution in [0.15, 0.2) is 41.3 Å². The van der Waals surface area contributed by atoms with Gasteiger partial charge >= 0.3 is 6.18 Å². The van der Waals surface area contributed by atoms with Gasteiger partial charge in [0.25, 0.3) is 0 Å². The van der Waals surface area contributed by atoms with Gasteiger partial charge in [-0.2, -0.15) is 13.2 Å². The third-order valence-electron chi connectivity index (χ3n) is 4.45. The molecule has 1 N–H and O–H groups in total. The standard InChI is InChI=1S/C18H17F3N2O3S/c19-18(20,21)10-27-14-8-4-3-7-13(14)22-15(24)9-23-16(25)11-5-1-2-6-12(11)17(23)26/h1-4,7-8,11-12H,5-6,9-10H2,(H,22,24). The van der Waals surface area contributed by atoms with Gasteiger partial charge in [0.05, 0.1) is 23.3 Å². The topological polar surface area (TPSA) is 66.5 Å². The number of benzene rings is 1. The molecular weight excluding hydrogens is 381 g/mol. The Morgan fingerprint density at radius 2 is 1.70 bits per heavy atom. The molecule has 5 nitrogen and oxygen atoms in total. The van der Waals surface area contributed by atoms with Crippen LogP contribution in [0.2, 0.25) is 0 Å². The number of amides is 3. The lowest BCUT2D eigenvalue weighted by molar-refractivity contribution is -0.142. The van der Waals surface area contributed by atoms with Crippen molar-refractivity contribution in [3.8, 4) is 0 Å². The number of nitrogens with one attached hydrogen (secondary N) is 1. The molecule has 1 fully saturated rings. The number of carbonyl (C=O) groups excluding carboxylic acids is 3. The van der Waals surface area contributed by atoms with Gasteiger partial charge in [0.2, 0.25) is 17.7 Å². The van der Waals surface area contributed by atoms with E-state index in [0.29, 0.717) is 24.6 Å². The second-order valence-electron chi connectivity index (χ2n) is 6.37. The van der Waals surface area contributed by atoms with Crippen molar-refractivity contribution in [2.24, 2.45) is 11.8 Å². The SMILES string of the molecule is O=C(CN1C(=O)C2CC=CCC2C1=O)Nc1ccccc1SCC(F)(F)F. The first-order valence-corrected chi connectivity index (χ1v) is 9.33. The Hall–Kier alpha value is -2.29. The van der Waals surface area contributed by atoms with Gasteiger partial charge in [-0.15, -0.1) is 11.8 Å². The normalized spacial score (nSPS) is 22.1. The zero-order valence-corrected chi connectivity index (χ0v) is 15.0. The summed E-state index contributed by atoms with van der Waals surface area (Å²) in [6.45, 7) is -0.442. The molecule has 0 aromatic heterocycles. The molecule has 9 heteroatoms. The summed E-state index contributed by atoms with van der Waals surface area (Å²) in [7, 11) is 0. The predicted octanol–water partition coefficient (Wildman–Crippen LogP) is 3.23. The molecule has 144 valence electrons. The average molecular weight is 398 g/mol. The Morgan fingerprint density at radius 1 is 1.11 bits per heavy atom. The lowest BCUT2D eigenvalue weighted by atomic mass is 9.85. The average Bonchev–Trinajstić information content (AvgIpc) is 2.86. The number of para-hydroxylation sites is 1. The Morgan fingerprint density at radius 3 is 2.30 bits per heavy atom. The number of alkyl halides is 3. The number of halogens is 3. The van der Waals surface area contributed by atoms with Gasteiger partial charge in [-0.05, 0) is 25.0 Å². The summed E-state index contributed by atoms with van der Waals surface area (Å²) in [6.07, 6.45) is 0.323. The van der Waals surface area contributed by atoms with Gasteiger partial charge in [-0.3, -0.25) is 19.3 Å². The molecule has 1 aliphatic carbocycles. The number of rotatable bonds is 5. The number of carbonyl (C=O) groups is 3. The van der Waals surface area contributed by atoms with Gasteiger partial charge in [-0.25, -0.2) is 0 Å². The first kappa shape index (κ1) is 19.5. The van der Waals surface area contributed by atoms with E-state index in [1.165, 1.54) is 12.1 Å². The van der Waals surface area contributed by atoms with Crippen LogP contribution in [0.1, 0.15) is 12.8 Å². The van der Waals surface area contributed by atoms with Gasteiger partial charge in [0.15, 0.2) is 0 Å². The van der Waals surface area contributed by atoms with Crippen molar-refractivity contribution in [1.29, 1.82) is 0 Å². The molecule has 1 aliphatic heterocycles. The van der Waals surface area contributed by atoms with E-state index in [0.717, 1.165) is 4.90 Å². The molecule has 0 radical (unpaired) electrons. The van der Waals surface area contributed by atoms with Crippen LogP contribution in [-0.2, 0) is 14.4 Å². The van der Waals surface area contributed by atoms with Crippen molar-refractivity contribution in [2.45, 2.75) is 23.9 Å². The molecule has 27 heavy (non-hydrogen) atoms.